The van der Waals surface area contributed by atoms with Crippen LogP contribution in [0.5, 0.6) is 0 Å². The van der Waals surface area contributed by atoms with E-state index in [0.717, 1.165) is 24.9 Å². The first-order valence-corrected chi connectivity index (χ1v) is 9.40. The van der Waals surface area contributed by atoms with Gasteiger partial charge < -0.3 is 10.2 Å². The maximum atomic E-state index is 12.5. The molecule has 1 heterocycles. The van der Waals surface area contributed by atoms with E-state index in [1.807, 2.05) is 35.2 Å². The van der Waals surface area contributed by atoms with Crippen LogP contribution in [0.15, 0.2) is 54.6 Å². The highest BCUT2D eigenvalue weighted by Gasteiger charge is 2.38. The Morgan fingerprint density at radius 3 is 2.73 bits per heavy atom. The maximum Gasteiger partial charge on any atom is 0.251 e. The summed E-state index contributed by atoms with van der Waals surface area (Å²) in [5.41, 5.74) is 3.05. The fourth-order valence-electron chi connectivity index (χ4n) is 3.81. The first kappa shape index (κ1) is 16.8. The maximum absolute atomic E-state index is 12.5. The Morgan fingerprint density at radius 1 is 1.12 bits per heavy atom. The van der Waals surface area contributed by atoms with Crippen LogP contribution in [-0.4, -0.2) is 29.8 Å². The molecule has 1 aliphatic carbocycles. The Labute approximate surface area is 154 Å². The number of likely N-dealkylation sites (tertiary alicyclic amines) is 1. The second-order valence-corrected chi connectivity index (χ2v) is 7.34. The van der Waals surface area contributed by atoms with Crippen molar-refractivity contribution in [3.63, 3.8) is 0 Å². The number of nitrogens with one attached hydrogen (secondary N) is 1. The highest BCUT2D eigenvalue weighted by Crippen LogP contribution is 2.46. The summed E-state index contributed by atoms with van der Waals surface area (Å²) in [5.74, 6) is 1.29. The van der Waals surface area contributed by atoms with Crippen molar-refractivity contribution in [2.24, 2.45) is 5.92 Å². The molecule has 1 N–H and O–H groups in total. The molecule has 0 aromatic heterocycles. The van der Waals surface area contributed by atoms with Gasteiger partial charge in [0.15, 0.2) is 0 Å². The van der Waals surface area contributed by atoms with Crippen LogP contribution in [0.25, 0.3) is 0 Å². The number of rotatable bonds is 6. The average molecular weight is 348 g/mol. The minimum absolute atomic E-state index is 0.0293. The number of carbonyl (C=O) groups excluding carboxylic acids is 2. The molecule has 2 fully saturated rings. The smallest absolute Gasteiger partial charge is 0.251 e. The van der Waals surface area contributed by atoms with Gasteiger partial charge in [-0.25, -0.2) is 0 Å². The Morgan fingerprint density at radius 2 is 1.96 bits per heavy atom. The van der Waals surface area contributed by atoms with Gasteiger partial charge >= 0.3 is 0 Å². The summed E-state index contributed by atoms with van der Waals surface area (Å²) in [4.78, 5) is 26.1. The van der Waals surface area contributed by atoms with Crippen molar-refractivity contribution in [2.45, 2.75) is 31.7 Å². The van der Waals surface area contributed by atoms with E-state index in [1.54, 1.807) is 0 Å². The summed E-state index contributed by atoms with van der Waals surface area (Å²) in [6.45, 7) is 2.13. The molecular weight excluding hydrogens is 324 g/mol. The zero-order chi connectivity index (χ0) is 17.9. The number of amides is 2. The molecule has 1 saturated carbocycles. The van der Waals surface area contributed by atoms with E-state index in [1.165, 1.54) is 5.56 Å². The predicted molar refractivity (Wildman–Crippen MR) is 101 cm³/mol. The monoisotopic (exact) mass is 348 g/mol. The van der Waals surface area contributed by atoms with Crippen LogP contribution in [0.1, 0.15) is 46.7 Å². The van der Waals surface area contributed by atoms with Gasteiger partial charge in [0.05, 0.1) is 0 Å². The van der Waals surface area contributed by atoms with Crippen molar-refractivity contribution in [3.05, 3.63) is 71.3 Å². The first-order chi connectivity index (χ1) is 12.7. The van der Waals surface area contributed by atoms with E-state index in [2.05, 4.69) is 29.6 Å². The molecule has 0 radical (unpaired) electrons. The SMILES string of the molecule is O=C(NCC1CC1c1ccccc1)c1cccc(CN2CCCC2=O)c1. The van der Waals surface area contributed by atoms with E-state index in [0.29, 0.717) is 36.9 Å². The highest BCUT2D eigenvalue weighted by molar-refractivity contribution is 5.94. The quantitative estimate of drug-likeness (QED) is 0.870. The lowest BCUT2D eigenvalue weighted by atomic mass is 10.1. The minimum Gasteiger partial charge on any atom is -0.352 e. The molecule has 2 amide bonds. The third kappa shape index (κ3) is 3.79. The van der Waals surface area contributed by atoms with Crippen LogP contribution in [0.2, 0.25) is 0 Å². The zero-order valence-electron chi connectivity index (χ0n) is 14.9. The second kappa shape index (κ2) is 7.32. The lowest BCUT2D eigenvalue weighted by Gasteiger charge is -2.16. The summed E-state index contributed by atoms with van der Waals surface area (Å²) >= 11 is 0. The molecule has 2 unspecified atom stereocenters. The molecule has 2 aromatic rings. The fourth-order valence-corrected chi connectivity index (χ4v) is 3.81. The van der Waals surface area contributed by atoms with Crippen LogP contribution in [0.3, 0.4) is 0 Å². The Kier molecular flexibility index (Phi) is 4.74. The van der Waals surface area contributed by atoms with Crippen LogP contribution in [-0.2, 0) is 11.3 Å². The molecule has 2 aliphatic rings. The molecule has 4 nitrogen and oxygen atoms in total. The Bertz CT molecular complexity index is 803. The van der Waals surface area contributed by atoms with Gasteiger partial charge in [-0.3, -0.25) is 9.59 Å². The van der Waals surface area contributed by atoms with E-state index in [-0.39, 0.29) is 11.8 Å². The number of benzene rings is 2. The Hall–Kier alpha value is -2.62. The Balaban J connectivity index is 1.31. The summed E-state index contributed by atoms with van der Waals surface area (Å²) in [7, 11) is 0. The van der Waals surface area contributed by atoms with Gasteiger partial charge in [0.25, 0.3) is 5.91 Å². The van der Waals surface area contributed by atoms with Gasteiger partial charge in [-0.05, 0) is 47.9 Å². The zero-order valence-corrected chi connectivity index (χ0v) is 14.9. The normalized spacial score (nSPS) is 21.7. The standard InChI is InChI=1S/C22H24N2O2/c25-21-10-5-11-24(21)15-16-6-4-9-18(12-16)22(26)23-14-19-13-20(19)17-7-2-1-3-8-17/h1-4,6-9,12,19-20H,5,10-11,13-15H2,(H,23,26). The third-order valence-corrected chi connectivity index (χ3v) is 5.41. The lowest BCUT2D eigenvalue weighted by Crippen LogP contribution is -2.27. The van der Waals surface area contributed by atoms with Crippen LogP contribution < -0.4 is 5.32 Å². The molecule has 4 rings (SSSR count). The molecule has 4 heteroatoms. The topological polar surface area (TPSA) is 49.4 Å². The molecule has 0 spiro atoms. The van der Waals surface area contributed by atoms with Gasteiger partial charge in [0.2, 0.25) is 5.91 Å². The molecule has 134 valence electrons. The lowest BCUT2D eigenvalue weighted by molar-refractivity contribution is -0.128. The third-order valence-electron chi connectivity index (χ3n) is 5.41. The summed E-state index contributed by atoms with van der Waals surface area (Å²) < 4.78 is 0. The number of hydrogen-bond donors (Lipinski definition) is 1. The summed E-state index contributed by atoms with van der Waals surface area (Å²) in [5, 5.41) is 3.07. The summed E-state index contributed by atoms with van der Waals surface area (Å²) in [6, 6.07) is 18.1. The van der Waals surface area contributed by atoms with Crippen LogP contribution in [0.4, 0.5) is 0 Å². The van der Waals surface area contributed by atoms with Gasteiger partial charge in [0, 0.05) is 31.6 Å². The van der Waals surface area contributed by atoms with E-state index in [9.17, 15) is 9.59 Å². The van der Waals surface area contributed by atoms with Crippen molar-refractivity contribution >= 4 is 11.8 Å². The van der Waals surface area contributed by atoms with Crippen LogP contribution in [0, 0.1) is 5.92 Å². The summed E-state index contributed by atoms with van der Waals surface area (Å²) in [6.07, 6.45) is 2.72. The van der Waals surface area contributed by atoms with E-state index < -0.39 is 0 Å². The van der Waals surface area contributed by atoms with Crippen molar-refractivity contribution in [1.82, 2.24) is 10.2 Å². The predicted octanol–water partition coefficient (Wildman–Crippen LogP) is 3.34. The first-order valence-electron chi connectivity index (χ1n) is 9.40. The van der Waals surface area contributed by atoms with E-state index >= 15 is 0 Å². The van der Waals surface area contributed by atoms with Crippen molar-refractivity contribution in [2.75, 3.05) is 13.1 Å². The second-order valence-electron chi connectivity index (χ2n) is 7.34. The number of hydrogen-bond acceptors (Lipinski definition) is 2. The average Bonchev–Trinajstić information content (AvgIpc) is 3.35. The van der Waals surface area contributed by atoms with Crippen molar-refractivity contribution in [1.29, 1.82) is 0 Å². The van der Waals surface area contributed by atoms with Gasteiger partial charge in [0.1, 0.15) is 0 Å². The molecule has 1 aliphatic heterocycles. The van der Waals surface area contributed by atoms with Gasteiger partial charge in [-0.15, -0.1) is 0 Å². The van der Waals surface area contributed by atoms with Gasteiger partial charge in [-0.2, -0.15) is 0 Å². The minimum atomic E-state index is -0.0293. The largest absolute Gasteiger partial charge is 0.352 e. The molecular formula is C22H24N2O2. The van der Waals surface area contributed by atoms with Crippen LogP contribution >= 0.6 is 0 Å². The molecule has 26 heavy (non-hydrogen) atoms. The molecule has 1 saturated heterocycles. The molecule has 2 aromatic carbocycles. The fraction of sp³-hybridized carbons (Fsp3) is 0.364. The van der Waals surface area contributed by atoms with Crippen molar-refractivity contribution < 1.29 is 9.59 Å². The molecule has 2 atom stereocenters. The number of nitrogens with zero attached hydrogens (tertiary/aromatic N) is 1. The van der Waals surface area contributed by atoms with E-state index in [4.69, 9.17) is 0 Å². The number of carbonyl (C=O) groups is 2. The highest BCUT2D eigenvalue weighted by atomic mass is 16.2. The molecule has 0 bridgehead atoms. The van der Waals surface area contributed by atoms with Gasteiger partial charge in [-0.1, -0.05) is 42.5 Å². The van der Waals surface area contributed by atoms with Crippen molar-refractivity contribution in [3.8, 4) is 0 Å².